The number of aryl methyl sites for hydroxylation is 1. The minimum Gasteiger partial charge on any atom is -0.382 e. The van der Waals surface area contributed by atoms with Crippen molar-refractivity contribution in [1.82, 2.24) is 9.55 Å². The Hall–Kier alpha value is -1.48. The largest absolute Gasteiger partial charge is 0.382 e. The average Bonchev–Trinajstić information content (AvgIpc) is 2.93. The van der Waals surface area contributed by atoms with Crippen molar-refractivity contribution >= 4 is 0 Å². The molecule has 5 atom stereocenters. The first-order valence-electron chi connectivity index (χ1n) is 7.62. The number of aromatic nitrogens is 2. The zero-order chi connectivity index (χ0) is 16.4. The molecule has 0 spiro atoms. The number of nitrogens with zero attached hydrogens (tertiary/aromatic N) is 1. The van der Waals surface area contributed by atoms with Crippen LogP contribution in [0.5, 0.6) is 0 Å². The van der Waals surface area contributed by atoms with Crippen LogP contribution in [0.3, 0.4) is 0 Å². The molecule has 3 aliphatic rings. The number of hydrogen-bond acceptors (Lipinski definition) is 6. The Morgan fingerprint density at radius 3 is 2.91 bits per heavy atom. The second-order valence-electron chi connectivity index (χ2n) is 6.68. The van der Waals surface area contributed by atoms with E-state index in [-0.39, 0.29) is 17.6 Å². The summed E-state index contributed by atoms with van der Waals surface area (Å²) < 4.78 is 24.6. The highest BCUT2D eigenvalue weighted by atomic mass is 16.6. The molecule has 0 aromatic carbocycles. The fourth-order valence-corrected chi connectivity index (χ4v) is 4.48. The smallest absolute Gasteiger partial charge is 0.330 e. The van der Waals surface area contributed by atoms with E-state index < -0.39 is 23.1 Å². The van der Waals surface area contributed by atoms with Gasteiger partial charge in [0.15, 0.2) is 6.23 Å². The first kappa shape index (κ1) is 15.1. The Morgan fingerprint density at radius 2 is 2.22 bits per heavy atom. The van der Waals surface area contributed by atoms with E-state index in [4.69, 9.17) is 18.9 Å². The van der Waals surface area contributed by atoms with Crippen LogP contribution in [0.25, 0.3) is 0 Å². The molecule has 2 aliphatic heterocycles. The summed E-state index contributed by atoms with van der Waals surface area (Å²) in [5.41, 5.74) is -1.33. The molecule has 1 aromatic rings. The third kappa shape index (κ3) is 1.80. The summed E-state index contributed by atoms with van der Waals surface area (Å²) in [4.78, 5) is 26.1. The molecule has 3 unspecified atom stereocenters. The van der Waals surface area contributed by atoms with E-state index in [0.717, 1.165) is 0 Å². The molecule has 4 rings (SSSR count). The minimum atomic E-state index is -0.599. The van der Waals surface area contributed by atoms with Gasteiger partial charge in [0.2, 0.25) is 0 Å². The summed E-state index contributed by atoms with van der Waals surface area (Å²) in [5.74, 6) is 0.00378. The van der Waals surface area contributed by atoms with Crippen LogP contribution in [0.15, 0.2) is 15.8 Å². The Balaban J connectivity index is 1.77. The summed E-state index contributed by atoms with van der Waals surface area (Å²) in [6, 6.07) is 0. The molecule has 8 nitrogen and oxygen atoms in total. The maximum atomic E-state index is 12.2. The SMILES string of the molecule is COC[C@]12CC3(OC)COC(C31)[C@H](n1cc(C)c(=O)[nH]c1=O)O2. The molecule has 8 heteroatoms. The third-order valence-corrected chi connectivity index (χ3v) is 5.43. The molecule has 126 valence electrons. The summed E-state index contributed by atoms with van der Waals surface area (Å²) >= 11 is 0. The zero-order valence-electron chi connectivity index (χ0n) is 13.3. The number of rotatable bonds is 4. The van der Waals surface area contributed by atoms with Crippen LogP contribution in [0, 0.1) is 12.8 Å². The topological polar surface area (TPSA) is 91.8 Å². The zero-order valence-corrected chi connectivity index (χ0v) is 13.3. The van der Waals surface area contributed by atoms with Crippen LogP contribution in [-0.2, 0) is 18.9 Å². The van der Waals surface area contributed by atoms with Gasteiger partial charge >= 0.3 is 5.69 Å². The Kier molecular flexibility index (Phi) is 3.12. The van der Waals surface area contributed by atoms with E-state index in [2.05, 4.69) is 4.98 Å². The minimum absolute atomic E-state index is 0.00378. The van der Waals surface area contributed by atoms with Crippen LogP contribution < -0.4 is 11.2 Å². The molecule has 3 fully saturated rings. The van der Waals surface area contributed by atoms with Gasteiger partial charge in [-0.2, -0.15) is 0 Å². The van der Waals surface area contributed by atoms with Gasteiger partial charge in [-0.25, -0.2) is 4.79 Å². The predicted octanol–water partition coefficient (Wildman–Crippen LogP) is -0.437. The van der Waals surface area contributed by atoms with Crippen molar-refractivity contribution in [2.75, 3.05) is 27.4 Å². The third-order valence-electron chi connectivity index (χ3n) is 5.43. The van der Waals surface area contributed by atoms with Gasteiger partial charge in [-0.3, -0.25) is 14.3 Å². The molecule has 1 aromatic heterocycles. The van der Waals surface area contributed by atoms with Gasteiger partial charge in [-0.05, 0) is 6.92 Å². The Bertz CT molecular complexity index is 757. The van der Waals surface area contributed by atoms with Crippen LogP contribution in [0.4, 0.5) is 0 Å². The van der Waals surface area contributed by atoms with E-state index in [1.807, 2.05) is 0 Å². The summed E-state index contributed by atoms with van der Waals surface area (Å²) in [5, 5.41) is 0. The van der Waals surface area contributed by atoms with E-state index >= 15 is 0 Å². The normalized spacial score (nSPS) is 40.9. The van der Waals surface area contributed by atoms with Crippen molar-refractivity contribution in [2.45, 2.75) is 36.9 Å². The van der Waals surface area contributed by atoms with Gasteiger partial charge in [-0.15, -0.1) is 0 Å². The molecular weight excluding hydrogens is 304 g/mol. The van der Waals surface area contributed by atoms with Crippen LogP contribution in [0.2, 0.25) is 0 Å². The first-order valence-corrected chi connectivity index (χ1v) is 7.62. The van der Waals surface area contributed by atoms with Gasteiger partial charge in [0, 0.05) is 32.4 Å². The molecule has 0 radical (unpaired) electrons. The number of ether oxygens (including phenoxy) is 4. The first-order chi connectivity index (χ1) is 11.0. The van der Waals surface area contributed by atoms with Gasteiger partial charge < -0.3 is 18.9 Å². The van der Waals surface area contributed by atoms with Crippen molar-refractivity contribution in [1.29, 1.82) is 0 Å². The molecule has 1 saturated carbocycles. The number of aromatic amines is 1. The predicted molar refractivity (Wildman–Crippen MR) is 78.4 cm³/mol. The van der Waals surface area contributed by atoms with E-state index in [0.29, 0.717) is 25.2 Å². The molecule has 0 amide bonds. The highest BCUT2D eigenvalue weighted by molar-refractivity contribution is 5.24. The van der Waals surface area contributed by atoms with Gasteiger partial charge in [0.1, 0.15) is 17.3 Å². The monoisotopic (exact) mass is 324 g/mol. The number of nitrogens with one attached hydrogen (secondary N) is 1. The summed E-state index contributed by atoms with van der Waals surface area (Å²) in [6.07, 6.45) is 1.28. The average molecular weight is 324 g/mol. The molecule has 23 heavy (non-hydrogen) atoms. The fraction of sp³-hybridized carbons (Fsp3) is 0.733. The molecular formula is C15H20N2O6. The van der Waals surface area contributed by atoms with Gasteiger partial charge in [0.05, 0.1) is 19.1 Å². The standard InChI is InChI=1S/C15H20N2O6/c1-8-4-17(13(19)16-11(8)18)12-9-10-14(21-3,7-22-9)5-15(10,23-12)6-20-2/h4,9-10,12H,5-7H2,1-3H3,(H,16,18,19)/t9?,10?,12-,14?,15-/m1/s1. The van der Waals surface area contributed by atoms with Gasteiger partial charge in [0.25, 0.3) is 5.56 Å². The number of H-pyrrole nitrogens is 1. The lowest BCUT2D eigenvalue weighted by atomic mass is 9.59. The van der Waals surface area contributed by atoms with E-state index in [1.54, 1.807) is 21.1 Å². The number of hydrogen-bond donors (Lipinski definition) is 1. The molecule has 1 aliphatic carbocycles. The van der Waals surface area contributed by atoms with Crippen molar-refractivity contribution in [2.24, 2.45) is 5.92 Å². The van der Waals surface area contributed by atoms with Crippen molar-refractivity contribution in [3.63, 3.8) is 0 Å². The van der Waals surface area contributed by atoms with Crippen molar-refractivity contribution in [3.05, 3.63) is 32.6 Å². The second kappa shape index (κ2) is 4.76. The van der Waals surface area contributed by atoms with Crippen LogP contribution in [-0.4, -0.2) is 54.3 Å². The van der Waals surface area contributed by atoms with Gasteiger partial charge in [-0.1, -0.05) is 0 Å². The fourth-order valence-electron chi connectivity index (χ4n) is 4.48. The van der Waals surface area contributed by atoms with Crippen LogP contribution in [0.1, 0.15) is 18.2 Å². The molecule has 2 saturated heterocycles. The molecule has 1 N–H and O–H groups in total. The van der Waals surface area contributed by atoms with Crippen molar-refractivity contribution < 1.29 is 18.9 Å². The Morgan fingerprint density at radius 1 is 1.43 bits per heavy atom. The number of methoxy groups -OCH3 is 2. The highest BCUT2D eigenvalue weighted by Crippen LogP contribution is 2.64. The lowest BCUT2D eigenvalue weighted by molar-refractivity contribution is -0.254. The maximum absolute atomic E-state index is 12.2. The Labute approximate surface area is 132 Å². The second-order valence-corrected chi connectivity index (χ2v) is 6.68. The summed E-state index contributed by atoms with van der Waals surface area (Å²) in [6.45, 7) is 2.54. The highest BCUT2D eigenvalue weighted by Gasteiger charge is 2.77. The van der Waals surface area contributed by atoms with E-state index in [1.165, 1.54) is 10.8 Å². The maximum Gasteiger partial charge on any atom is 0.330 e. The molecule has 3 heterocycles. The summed E-state index contributed by atoms with van der Waals surface area (Å²) in [7, 11) is 3.30. The molecule has 0 bridgehead atoms. The van der Waals surface area contributed by atoms with Crippen LogP contribution >= 0.6 is 0 Å². The lowest BCUT2D eigenvalue weighted by Gasteiger charge is -2.54. The lowest BCUT2D eigenvalue weighted by Crippen LogP contribution is -2.67. The van der Waals surface area contributed by atoms with Crippen molar-refractivity contribution in [3.8, 4) is 0 Å². The van der Waals surface area contributed by atoms with E-state index in [9.17, 15) is 9.59 Å². The quantitative estimate of drug-likeness (QED) is 0.807.